The number of amides is 1. The number of hydrogen-bond donors (Lipinski definition) is 1. The van der Waals surface area contributed by atoms with Gasteiger partial charge in [-0.1, -0.05) is 12.1 Å². The van der Waals surface area contributed by atoms with Crippen LogP contribution in [-0.4, -0.2) is 18.0 Å². The molecule has 0 atom stereocenters. The Labute approximate surface area is 173 Å². The van der Waals surface area contributed by atoms with Crippen LogP contribution in [0.2, 0.25) is 0 Å². The summed E-state index contributed by atoms with van der Waals surface area (Å²) in [6.07, 6.45) is 1.53. The van der Waals surface area contributed by atoms with Gasteiger partial charge in [-0.2, -0.15) is 5.26 Å². The number of aryl methyl sites for hydroxylation is 1. The van der Waals surface area contributed by atoms with Crippen LogP contribution in [0.25, 0.3) is 6.08 Å². The average Bonchev–Trinajstić information content (AvgIpc) is 3.17. The highest BCUT2D eigenvalue weighted by atomic mass is 32.1. The van der Waals surface area contributed by atoms with Gasteiger partial charge in [0.25, 0.3) is 5.91 Å². The Kier molecular flexibility index (Phi) is 6.61. The molecule has 0 bridgehead atoms. The molecular formula is C22H19N3O3S. The second kappa shape index (κ2) is 9.53. The molecule has 0 saturated heterocycles. The lowest BCUT2D eigenvalue weighted by Gasteiger charge is -2.06. The van der Waals surface area contributed by atoms with Crippen molar-refractivity contribution in [3.05, 3.63) is 75.7 Å². The molecule has 0 unspecified atom stereocenters. The average molecular weight is 405 g/mol. The zero-order valence-electron chi connectivity index (χ0n) is 16.0. The molecule has 0 fully saturated rings. The number of methoxy groups -OCH3 is 1. The van der Waals surface area contributed by atoms with E-state index in [-0.39, 0.29) is 5.57 Å². The van der Waals surface area contributed by atoms with Gasteiger partial charge >= 0.3 is 0 Å². The first-order chi connectivity index (χ1) is 14.1. The SMILES string of the molecule is COc1ccc(NC(=O)/C(C#N)=C/c2ccc(OCc3csc(C)n3)cc2)cc1. The molecule has 7 heteroatoms. The second-order valence-corrected chi connectivity index (χ2v) is 7.13. The van der Waals surface area contributed by atoms with Crippen molar-refractivity contribution in [3.8, 4) is 17.6 Å². The zero-order chi connectivity index (χ0) is 20.6. The molecule has 3 aromatic rings. The van der Waals surface area contributed by atoms with Gasteiger partial charge in [-0.05, 0) is 55.0 Å². The molecule has 2 aromatic carbocycles. The molecule has 1 aromatic heterocycles. The van der Waals surface area contributed by atoms with E-state index < -0.39 is 5.91 Å². The van der Waals surface area contributed by atoms with Crippen LogP contribution in [0.1, 0.15) is 16.3 Å². The van der Waals surface area contributed by atoms with E-state index in [1.54, 1.807) is 67.0 Å². The molecule has 0 aliphatic rings. The quantitative estimate of drug-likeness (QED) is 0.459. The van der Waals surface area contributed by atoms with Gasteiger partial charge in [-0.3, -0.25) is 4.79 Å². The molecule has 0 saturated carbocycles. The van der Waals surface area contributed by atoms with E-state index >= 15 is 0 Å². The number of aromatic nitrogens is 1. The van der Waals surface area contributed by atoms with E-state index in [9.17, 15) is 10.1 Å². The Morgan fingerprint density at radius 1 is 1.17 bits per heavy atom. The number of carbonyl (C=O) groups is 1. The first-order valence-electron chi connectivity index (χ1n) is 8.78. The van der Waals surface area contributed by atoms with Crippen molar-refractivity contribution >= 4 is 29.0 Å². The molecule has 0 spiro atoms. The maximum Gasteiger partial charge on any atom is 0.266 e. The molecule has 0 aliphatic carbocycles. The smallest absolute Gasteiger partial charge is 0.266 e. The Hall–Kier alpha value is -3.63. The molecule has 1 N–H and O–H groups in total. The predicted molar refractivity (Wildman–Crippen MR) is 113 cm³/mol. The van der Waals surface area contributed by atoms with Gasteiger partial charge in [0.1, 0.15) is 29.7 Å². The summed E-state index contributed by atoms with van der Waals surface area (Å²) in [4.78, 5) is 16.7. The van der Waals surface area contributed by atoms with Crippen LogP contribution in [0.5, 0.6) is 11.5 Å². The highest BCUT2D eigenvalue weighted by Crippen LogP contribution is 2.19. The number of benzene rings is 2. The summed E-state index contributed by atoms with van der Waals surface area (Å²) < 4.78 is 10.8. The predicted octanol–water partition coefficient (Wildman–Crippen LogP) is 4.58. The zero-order valence-corrected chi connectivity index (χ0v) is 16.8. The minimum Gasteiger partial charge on any atom is -0.497 e. The van der Waals surface area contributed by atoms with Crippen LogP contribution in [0.4, 0.5) is 5.69 Å². The fourth-order valence-corrected chi connectivity index (χ4v) is 3.08. The number of hydrogen-bond acceptors (Lipinski definition) is 6. The maximum absolute atomic E-state index is 12.4. The largest absolute Gasteiger partial charge is 0.497 e. The minimum atomic E-state index is -0.475. The number of nitrogens with zero attached hydrogens (tertiary/aromatic N) is 2. The fraction of sp³-hybridized carbons (Fsp3) is 0.136. The molecule has 0 aliphatic heterocycles. The summed E-state index contributed by atoms with van der Waals surface area (Å²) in [6, 6.07) is 16.0. The van der Waals surface area contributed by atoms with Crippen molar-refractivity contribution < 1.29 is 14.3 Å². The van der Waals surface area contributed by atoms with Gasteiger partial charge in [0.05, 0.1) is 17.8 Å². The summed E-state index contributed by atoms with van der Waals surface area (Å²) in [7, 11) is 1.57. The van der Waals surface area contributed by atoms with Gasteiger partial charge in [-0.25, -0.2) is 4.98 Å². The van der Waals surface area contributed by atoms with Crippen molar-refractivity contribution in [1.29, 1.82) is 5.26 Å². The van der Waals surface area contributed by atoms with Gasteiger partial charge < -0.3 is 14.8 Å². The Morgan fingerprint density at radius 3 is 2.45 bits per heavy atom. The van der Waals surface area contributed by atoms with Gasteiger partial charge in [-0.15, -0.1) is 11.3 Å². The van der Waals surface area contributed by atoms with Crippen LogP contribution < -0.4 is 14.8 Å². The Balaban J connectivity index is 1.63. The monoisotopic (exact) mass is 405 g/mol. The number of ether oxygens (including phenoxy) is 2. The third-order valence-electron chi connectivity index (χ3n) is 3.96. The standard InChI is InChI=1S/C22H19N3O3S/c1-15-24-19(14-29-15)13-28-21-7-3-16(4-8-21)11-17(12-23)22(26)25-18-5-9-20(27-2)10-6-18/h3-11,14H,13H2,1-2H3,(H,25,26)/b17-11+. The topological polar surface area (TPSA) is 84.2 Å². The molecule has 6 nitrogen and oxygen atoms in total. The number of nitrogens with one attached hydrogen (secondary N) is 1. The van der Waals surface area contributed by atoms with E-state index in [0.717, 1.165) is 16.3 Å². The number of carbonyl (C=O) groups excluding carboxylic acids is 1. The summed E-state index contributed by atoms with van der Waals surface area (Å²) in [5.74, 6) is 0.900. The van der Waals surface area contributed by atoms with Crippen LogP contribution in [0, 0.1) is 18.3 Å². The molecular weight excluding hydrogens is 386 g/mol. The van der Waals surface area contributed by atoms with Gasteiger partial charge in [0, 0.05) is 11.1 Å². The van der Waals surface area contributed by atoms with Crippen molar-refractivity contribution in [2.45, 2.75) is 13.5 Å². The number of nitriles is 1. The lowest BCUT2D eigenvalue weighted by molar-refractivity contribution is -0.112. The van der Waals surface area contributed by atoms with Crippen molar-refractivity contribution in [2.24, 2.45) is 0 Å². The lowest BCUT2D eigenvalue weighted by atomic mass is 10.1. The molecule has 3 rings (SSSR count). The maximum atomic E-state index is 12.4. The molecule has 29 heavy (non-hydrogen) atoms. The van der Waals surface area contributed by atoms with E-state index in [2.05, 4.69) is 10.3 Å². The molecule has 1 heterocycles. The Morgan fingerprint density at radius 2 is 1.86 bits per heavy atom. The van der Waals surface area contributed by atoms with Gasteiger partial charge in [0.15, 0.2) is 0 Å². The third kappa shape index (κ3) is 5.67. The molecule has 146 valence electrons. The fourth-order valence-electron chi connectivity index (χ4n) is 2.48. The van der Waals surface area contributed by atoms with Crippen LogP contribution in [0.15, 0.2) is 59.5 Å². The number of thiazole rings is 1. The first-order valence-corrected chi connectivity index (χ1v) is 9.66. The van der Waals surface area contributed by atoms with Crippen molar-refractivity contribution in [2.75, 3.05) is 12.4 Å². The highest BCUT2D eigenvalue weighted by molar-refractivity contribution is 7.09. The van der Waals surface area contributed by atoms with E-state index in [4.69, 9.17) is 9.47 Å². The van der Waals surface area contributed by atoms with E-state index in [0.29, 0.717) is 23.8 Å². The lowest BCUT2D eigenvalue weighted by Crippen LogP contribution is -2.13. The number of anilines is 1. The summed E-state index contributed by atoms with van der Waals surface area (Å²) in [6.45, 7) is 2.35. The first kappa shape index (κ1) is 20.1. The molecule has 0 radical (unpaired) electrons. The number of rotatable bonds is 7. The normalized spacial score (nSPS) is 10.9. The van der Waals surface area contributed by atoms with Crippen LogP contribution in [-0.2, 0) is 11.4 Å². The van der Waals surface area contributed by atoms with Crippen molar-refractivity contribution in [1.82, 2.24) is 4.98 Å². The van der Waals surface area contributed by atoms with Crippen LogP contribution >= 0.6 is 11.3 Å². The highest BCUT2D eigenvalue weighted by Gasteiger charge is 2.10. The van der Waals surface area contributed by atoms with Crippen LogP contribution in [0.3, 0.4) is 0 Å². The van der Waals surface area contributed by atoms with Crippen molar-refractivity contribution in [3.63, 3.8) is 0 Å². The van der Waals surface area contributed by atoms with E-state index in [1.165, 1.54) is 6.08 Å². The molecule has 1 amide bonds. The summed E-state index contributed by atoms with van der Waals surface area (Å²) in [5, 5.41) is 15.0. The third-order valence-corrected chi connectivity index (χ3v) is 4.78. The minimum absolute atomic E-state index is 0.00688. The van der Waals surface area contributed by atoms with E-state index in [1.807, 2.05) is 18.4 Å². The summed E-state index contributed by atoms with van der Waals surface area (Å²) >= 11 is 1.58. The summed E-state index contributed by atoms with van der Waals surface area (Å²) in [5.41, 5.74) is 2.20. The second-order valence-electron chi connectivity index (χ2n) is 6.07. The Bertz CT molecular complexity index is 1050. The van der Waals surface area contributed by atoms with Gasteiger partial charge in [0.2, 0.25) is 0 Å².